The molecule has 0 bridgehead atoms. The molecule has 1 aliphatic heterocycles. The Hall–Kier alpha value is -2.42. The number of benzene rings is 2. The Morgan fingerprint density at radius 2 is 1.64 bits per heavy atom. The van der Waals surface area contributed by atoms with Gasteiger partial charge in [-0.3, -0.25) is 14.5 Å². The van der Waals surface area contributed by atoms with Gasteiger partial charge in [0.1, 0.15) is 0 Å². The van der Waals surface area contributed by atoms with E-state index in [-0.39, 0.29) is 23.8 Å². The minimum Gasteiger partial charge on any atom is -0.269 e. The number of carbonyl (C=O) groups is 2. The van der Waals surface area contributed by atoms with Crippen LogP contribution >= 0.6 is 0 Å². The normalized spacial score (nSPS) is 22.9. The zero-order valence-electron chi connectivity index (χ0n) is 12.7. The van der Waals surface area contributed by atoms with Gasteiger partial charge in [0.05, 0.1) is 17.2 Å². The second-order valence-corrected chi connectivity index (χ2v) is 6.35. The first-order valence-corrected chi connectivity index (χ1v) is 7.64. The third-order valence-corrected chi connectivity index (χ3v) is 4.80. The Morgan fingerprint density at radius 3 is 2.27 bits per heavy atom. The Balaban J connectivity index is 1.83. The van der Waals surface area contributed by atoms with E-state index in [0.29, 0.717) is 11.1 Å². The molecular formula is C19H17NO2. The summed E-state index contributed by atoms with van der Waals surface area (Å²) in [4.78, 5) is 27.0. The minimum atomic E-state index is -0.160. The molecule has 22 heavy (non-hydrogen) atoms. The molecule has 1 aliphatic carbocycles. The van der Waals surface area contributed by atoms with Crippen LogP contribution in [0.2, 0.25) is 0 Å². The van der Waals surface area contributed by atoms with Crippen molar-refractivity contribution in [3.8, 4) is 0 Å². The molecule has 0 aromatic heterocycles. The highest BCUT2D eigenvalue weighted by atomic mass is 16.2. The van der Waals surface area contributed by atoms with E-state index in [1.165, 1.54) is 10.5 Å². The van der Waals surface area contributed by atoms with Gasteiger partial charge < -0.3 is 0 Å². The van der Waals surface area contributed by atoms with Gasteiger partial charge in [-0.05, 0) is 42.5 Å². The van der Waals surface area contributed by atoms with E-state index in [2.05, 4.69) is 25.1 Å². The summed E-state index contributed by atoms with van der Waals surface area (Å²) < 4.78 is 0. The fraction of sp³-hybridized carbons (Fsp3) is 0.263. The molecule has 4 rings (SSSR count). The number of fused-ring (bicyclic) bond motifs is 2. The second kappa shape index (κ2) is 4.54. The van der Waals surface area contributed by atoms with Crippen molar-refractivity contribution in [1.82, 2.24) is 4.90 Å². The minimum absolute atomic E-state index is 0.151. The molecule has 2 unspecified atom stereocenters. The topological polar surface area (TPSA) is 37.4 Å². The Labute approximate surface area is 129 Å². The molecule has 1 heterocycles. The second-order valence-electron chi connectivity index (χ2n) is 6.35. The molecule has 0 spiro atoms. The van der Waals surface area contributed by atoms with Crippen LogP contribution in [0.3, 0.4) is 0 Å². The van der Waals surface area contributed by atoms with Crippen LogP contribution in [-0.4, -0.2) is 16.7 Å². The van der Waals surface area contributed by atoms with Crippen molar-refractivity contribution in [2.45, 2.75) is 26.3 Å². The van der Waals surface area contributed by atoms with Crippen LogP contribution in [0.15, 0.2) is 42.5 Å². The molecule has 3 heteroatoms. The molecule has 110 valence electrons. The lowest BCUT2D eigenvalue weighted by atomic mass is 10.00. The van der Waals surface area contributed by atoms with Gasteiger partial charge in [0, 0.05) is 0 Å². The van der Waals surface area contributed by atoms with E-state index in [0.717, 1.165) is 17.5 Å². The number of imide groups is 1. The van der Waals surface area contributed by atoms with Gasteiger partial charge in [-0.2, -0.15) is 0 Å². The first-order chi connectivity index (χ1) is 10.6. The van der Waals surface area contributed by atoms with Crippen LogP contribution < -0.4 is 0 Å². The number of amides is 2. The van der Waals surface area contributed by atoms with Crippen molar-refractivity contribution in [2.24, 2.45) is 5.92 Å². The van der Waals surface area contributed by atoms with Crippen LogP contribution in [0, 0.1) is 12.8 Å². The van der Waals surface area contributed by atoms with Crippen LogP contribution in [0.4, 0.5) is 0 Å². The molecule has 0 radical (unpaired) electrons. The first kappa shape index (κ1) is 13.3. The van der Waals surface area contributed by atoms with Crippen molar-refractivity contribution < 1.29 is 9.59 Å². The molecule has 0 fully saturated rings. The number of hydrogen-bond donors (Lipinski definition) is 0. The van der Waals surface area contributed by atoms with Crippen molar-refractivity contribution in [3.63, 3.8) is 0 Å². The van der Waals surface area contributed by atoms with Crippen molar-refractivity contribution in [3.05, 3.63) is 70.3 Å². The smallest absolute Gasteiger partial charge is 0.262 e. The Kier molecular flexibility index (Phi) is 2.73. The van der Waals surface area contributed by atoms with Gasteiger partial charge >= 0.3 is 0 Å². The van der Waals surface area contributed by atoms with E-state index >= 15 is 0 Å². The van der Waals surface area contributed by atoms with Crippen molar-refractivity contribution in [2.75, 3.05) is 0 Å². The van der Waals surface area contributed by atoms with Crippen LogP contribution in [-0.2, 0) is 6.42 Å². The number of nitrogens with zero attached hydrogens (tertiary/aromatic N) is 1. The third kappa shape index (κ3) is 1.68. The third-order valence-electron chi connectivity index (χ3n) is 4.80. The zero-order chi connectivity index (χ0) is 15.4. The summed E-state index contributed by atoms with van der Waals surface area (Å²) in [5, 5.41) is 0. The van der Waals surface area contributed by atoms with E-state index in [9.17, 15) is 9.59 Å². The molecule has 2 aliphatic rings. The highest BCUT2D eigenvalue weighted by molar-refractivity contribution is 6.21. The first-order valence-electron chi connectivity index (χ1n) is 7.64. The molecule has 2 amide bonds. The quantitative estimate of drug-likeness (QED) is 0.754. The van der Waals surface area contributed by atoms with E-state index in [4.69, 9.17) is 0 Å². The SMILES string of the molecule is Cc1ccc2c(c1)C(N1C(=O)c3ccccc3C1=O)C(C)C2. The summed E-state index contributed by atoms with van der Waals surface area (Å²) in [6.07, 6.45) is 0.910. The molecule has 2 aromatic rings. The predicted octanol–water partition coefficient (Wildman–Crippen LogP) is 3.52. The number of hydrogen-bond acceptors (Lipinski definition) is 2. The van der Waals surface area contributed by atoms with Crippen LogP contribution in [0.25, 0.3) is 0 Å². The van der Waals surface area contributed by atoms with E-state index < -0.39 is 0 Å². The Bertz CT molecular complexity index is 774. The molecule has 3 nitrogen and oxygen atoms in total. The highest BCUT2D eigenvalue weighted by Crippen LogP contribution is 2.43. The number of aryl methyl sites for hydroxylation is 1. The van der Waals surface area contributed by atoms with Gasteiger partial charge in [0.2, 0.25) is 0 Å². The largest absolute Gasteiger partial charge is 0.269 e. The van der Waals surface area contributed by atoms with Crippen LogP contribution in [0.1, 0.15) is 50.4 Å². The predicted molar refractivity (Wildman–Crippen MR) is 83.7 cm³/mol. The average Bonchev–Trinajstić information content (AvgIpc) is 2.95. The van der Waals surface area contributed by atoms with E-state index in [1.807, 2.05) is 19.1 Å². The number of carbonyl (C=O) groups excluding carboxylic acids is 2. The lowest BCUT2D eigenvalue weighted by Crippen LogP contribution is -2.35. The van der Waals surface area contributed by atoms with Gasteiger partial charge in [-0.15, -0.1) is 0 Å². The van der Waals surface area contributed by atoms with Gasteiger partial charge in [0.15, 0.2) is 0 Å². The summed E-state index contributed by atoms with van der Waals surface area (Å²) in [7, 11) is 0. The molecule has 0 saturated carbocycles. The summed E-state index contributed by atoms with van der Waals surface area (Å²) >= 11 is 0. The highest BCUT2D eigenvalue weighted by Gasteiger charge is 2.45. The van der Waals surface area contributed by atoms with E-state index in [1.54, 1.807) is 12.1 Å². The summed E-state index contributed by atoms with van der Waals surface area (Å²) in [5.74, 6) is -0.0716. The molecule has 0 saturated heterocycles. The molecule has 2 atom stereocenters. The zero-order valence-corrected chi connectivity index (χ0v) is 12.7. The lowest BCUT2D eigenvalue weighted by molar-refractivity contribution is 0.0544. The van der Waals surface area contributed by atoms with Gasteiger partial charge in [0.25, 0.3) is 11.8 Å². The van der Waals surface area contributed by atoms with Crippen molar-refractivity contribution in [1.29, 1.82) is 0 Å². The Morgan fingerprint density at radius 1 is 1.00 bits per heavy atom. The average molecular weight is 291 g/mol. The molecule has 2 aromatic carbocycles. The fourth-order valence-electron chi connectivity index (χ4n) is 3.79. The standard InChI is InChI=1S/C19H17NO2/c1-11-7-8-13-10-12(2)17(16(13)9-11)20-18(21)14-5-3-4-6-15(14)19(20)22/h3-9,12,17H,10H2,1-2H3. The monoisotopic (exact) mass is 291 g/mol. The lowest BCUT2D eigenvalue weighted by Gasteiger charge is -2.27. The summed E-state index contributed by atoms with van der Waals surface area (Å²) in [5.41, 5.74) is 4.60. The van der Waals surface area contributed by atoms with Gasteiger partial charge in [-0.1, -0.05) is 42.8 Å². The van der Waals surface area contributed by atoms with Gasteiger partial charge in [-0.25, -0.2) is 0 Å². The molecule has 0 N–H and O–H groups in total. The molecular weight excluding hydrogens is 274 g/mol. The maximum absolute atomic E-state index is 12.7. The summed E-state index contributed by atoms with van der Waals surface area (Å²) in [6, 6.07) is 13.3. The maximum atomic E-state index is 12.7. The maximum Gasteiger partial charge on any atom is 0.262 e. The number of rotatable bonds is 1. The summed E-state index contributed by atoms with van der Waals surface area (Å²) in [6.45, 7) is 4.16. The van der Waals surface area contributed by atoms with Crippen LogP contribution in [0.5, 0.6) is 0 Å². The van der Waals surface area contributed by atoms with Crippen molar-refractivity contribution >= 4 is 11.8 Å². The fourth-order valence-corrected chi connectivity index (χ4v) is 3.79.